The number of carbonyl (C=O) groups excluding carboxylic acids is 1. The van der Waals surface area contributed by atoms with Gasteiger partial charge in [-0.25, -0.2) is 4.79 Å². The lowest BCUT2D eigenvalue weighted by molar-refractivity contribution is 0.0480. The van der Waals surface area contributed by atoms with E-state index >= 15 is 0 Å². The Bertz CT molecular complexity index is 386. The molecule has 1 heterocycles. The topological polar surface area (TPSA) is 60.5 Å². The van der Waals surface area contributed by atoms with Crippen molar-refractivity contribution in [3.8, 4) is 0 Å². The summed E-state index contributed by atoms with van der Waals surface area (Å²) in [5.74, 6) is -0.293. The van der Waals surface area contributed by atoms with Crippen LogP contribution in [-0.2, 0) is 11.3 Å². The zero-order valence-electron chi connectivity index (χ0n) is 11.5. The van der Waals surface area contributed by atoms with Gasteiger partial charge in [0.25, 0.3) is 0 Å². The van der Waals surface area contributed by atoms with Crippen LogP contribution in [-0.4, -0.2) is 42.7 Å². The van der Waals surface area contributed by atoms with Gasteiger partial charge in [0, 0.05) is 19.3 Å². The molecule has 0 aliphatic heterocycles. The molecule has 0 aromatic carbocycles. The van der Waals surface area contributed by atoms with E-state index in [0.29, 0.717) is 18.0 Å². The SMILES string of the molecule is CCCn1cc(N)cc1C(=O)OCCCN(C)C. The third-order valence-corrected chi connectivity index (χ3v) is 2.57. The van der Waals surface area contributed by atoms with E-state index < -0.39 is 0 Å². The highest BCUT2D eigenvalue weighted by Gasteiger charge is 2.13. The fourth-order valence-electron chi connectivity index (χ4n) is 1.75. The van der Waals surface area contributed by atoms with E-state index in [1.807, 2.05) is 18.7 Å². The van der Waals surface area contributed by atoms with Crippen LogP contribution < -0.4 is 5.73 Å². The van der Waals surface area contributed by atoms with Crippen LogP contribution >= 0.6 is 0 Å². The molecule has 0 spiro atoms. The van der Waals surface area contributed by atoms with Gasteiger partial charge >= 0.3 is 5.97 Å². The lowest BCUT2D eigenvalue weighted by atomic mass is 10.4. The fourth-order valence-corrected chi connectivity index (χ4v) is 1.75. The van der Waals surface area contributed by atoms with Gasteiger partial charge in [-0.3, -0.25) is 0 Å². The Hall–Kier alpha value is -1.49. The smallest absolute Gasteiger partial charge is 0.355 e. The summed E-state index contributed by atoms with van der Waals surface area (Å²) in [5, 5.41) is 0. The van der Waals surface area contributed by atoms with Crippen molar-refractivity contribution in [1.29, 1.82) is 0 Å². The molecule has 5 heteroatoms. The van der Waals surface area contributed by atoms with Crippen LogP contribution in [0.4, 0.5) is 5.69 Å². The van der Waals surface area contributed by atoms with E-state index in [1.165, 1.54) is 0 Å². The molecule has 0 fully saturated rings. The lowest BCUT2D eigenvalue weighted by Crippen LogP contribution is -2.17. The molecule has 18 heavy (non-hydrogen) atoms. The molecule has 0 radical (unpaired) electrons. The van der Waals surface area contributed by atoms with Gasteiger partial charge in [0.05, 0.1) is 12.3 Å². The predicted octanol–water partition coefficient (Wildman–Crippen LogP) is 1.59. The van der Waals surface area contributed by atoms with Crippen LogP contribution in [0.3, 0.4) is 0 Å². The van der Waals surface area contributed by atoms with E-state index in [-0.39, 0.29) is 5.97 Å². The first-order valence-corrected chi connectivity index (χ1v) is 6.32. The Morgan fingerprint density at radius 2 is 2.22 bits per heavy atom. The van der Waals surface area contributed by atoms with Crippen molar-refractivity contribution in [2.24, 2.45) is 0 Å². The van der Waals surface area contributed by atoms with Crippen LogP contribution in [0.15, 0.2) is 12.3 Å². The molecule has 1 aromatic rings. The molecule has 0 bridgehead atoms. The molecule has 102 valence electrons. The molecule has 0 unspecified atom stereocenters. The third-order valence-electron chi connectivity index (χ3n) is 2.57. The molecule has 2 N–H and O–H groups in total. The summed E-state index contributed by atoms with van der Waals surface area (Å²) < 4.78 is 7.09. The summed E-state index contributed by atoms with van der Waals surface area (Å²) in [4.78, 5) is 13.9. The minimum atomic E-state index is -0.293. The number of rotatable bonds is 7. The Balaban J connectivity index is 2.50. The zero-order chi connectivity index (χ0) is 13.5. The number of carbonyl (C=O) groups is 1. The summed E-state index contributed by atoms with van der Waals surface area (Å²) in [6.07, 6.45) is 3.57. The van der Waals surface area contributed by atoms with Crippen molar-refractivity contribution in [1.82, 2.24) is 9.47 Å². The number of ether oxygens (including phenoxy) is 1. The molecule has 0 atom stereocenters. The highest BCUT2D eigenvalue weighted by molar-refractivity contribution is 5.89. The third kappa shape index (κ3) is 4.41. The average molecular weight is 253 g/mol. The van der Waals surface area contributed by atoms with E-state index in [2.05, 4.69) is 11.8 Å². The zero-order valence-corrected chi connectivity index (χ0v) is 11.5. The number of nitrogen functional groups attached to an aromatic ring is 1. The molecular formula is C13H23N3O2. The van der Waals surface area contributed by atoms with Crippen molar-refractivity contribution in [3.05, 3.63) is 18.0 Å². The van der Waals surface area contributed by atoms with Gasteiger partial charge < -0.3 is 19.9 Å². The summed E-state index contributed by atoms with van der Waals surface area (Å²) in [6, 6.07) is 1.67. The number of hydrogen-bond acceptors (Lipinski definition) is 4. The summed E-state index contributed by atoms with van der Waals surface area (Å²) >= 11 is 0. The minimum absolute atomic E-state index is 0.293. The minimum Gasteiger partial charge on any atom is -0.461 e. The molecule has 0 amide bonds. The van der Waals surface area contributed by atoms with Gasteiger partial charge in [-0.1, -0.05) is 6.92 Å². The van der Waals surface area contributed by atoms with Crippen molar-refractivity contribution < 1.29 is 9.53 Å². The van der Waals surface area contributed by atoms with Crippen molar-refractivity contribution >= 4 is 11.7 Å². The average Bonchev–Trinajstić information content (AvgIpc) is 2.66. The maximum Gasteiger partial charge on any atom is 0.355 e. The number of nitrogens with zero attached hydrogens (tertiary/aromatic N) is 2. The first kappa shape index (κ1) is 14.6. The van der Waals surface area contributed by atoms with Crippen molar-refractivity contribution in [3.63, 3.8) is 0 Å². The van der Waals surface area contributed by atoms with Gasteiger partial charge in [0.15, 0.2) is 0 Å². The molecule has 0 saturated carbocycles. The first-order valence-electron chi connectivity index (χ1n) is 6.32. The second kappa shape index (κ2) is 7.06. The standard InChI is InChI=1S/C13H23N3O2/c1-4-6-16-10-11(14)9-12(16)13(17)18-8-5-7-15(2)3/h9-10H,4-8,14H2,1-3H3. The maximum atomic E-state index is 11.9. The van der Waals surface area contributed by atoms with Gasteiger partial charge in [0.2, 0.25) is 0 Å². The van der Waals surface area contributed by atoms with Gasteiger partial charge in [0.1, 0.15) is 5.69 Å². The largest absolute Gasteiger partial charge is 0.461 e. The molecule has 0 aliphatic carbocycles. The Morgan fingerprint density at radius 1 is 1.50 bits per heavy atom. The van der Waals surface area contributed by atoms with Crippen molar-refractivity contribution in [2.45, 2.75) is 26.3 Å². The molecule has 1 aromatic heterocycles. The summed E-state index contributed by atoms with van der Waals surface area (Å²) in [5.41, 5.74) is 6.85. The van der Waals surface area contributed by atoms with E-state index in [0.717, 1.165) is 25.9 Å². The van der Waals surface area contributed by atoms with Gasteiger partial charge in [-0.2, -0.15) is 0 Å². The first-order chi connectivity index (χ1) is 8.54. The van der Waals surface area contributed by atoms with Crippen LogP contribution in [0.1, 0.15) is 30.3 Å². The maximum absolute atomic E-state index is 11.9. The molecule has 0 aliphatic rings. The molecule has 0 saturated heterocycles. The van der Waals surface area contributed by atoms with Crippen LogP contribution in [0.5, 0.6) is 0 Å². The van der Waals surface area contributed by atoms with E-state index in [4.69, 9.17) is 10.5 Å². The highest BCUT2D eigenvalue weighted by Crippen LogP contribution is 2.12. The Morgan fingerprint density at radius 3 is 2.83 bits per heavy atom. The van der Waals surface area contributed by atoms with E-state index in [9.17, 15) is 4.79 Å². The van der Waals surface area contributed by atoms with Gasteiger partial charge in [-0.05, 0) is 33.0 Å². The Kier molecular flexibility index (Phi) is 5.71. The van der Waals surface area contributed by atoms with Crippen LogP contribution in [0, 0.1) is 0 Å². The number of anilines is 1. The Labute approximate surface area is 109 Å². The molecular weight excluding hydrogens is 230 g/mol. The lowest BCUT2D eigenvalue weighted by Gasteiger charge is -2.10. The predicted molar refractivity (Wildman–Crippen MR) is 72.6 cm³/mol. The highest BCUT2D eigenvalue weighted by atomic mass is 16.5. The number of aryl methyl sites for hydroxylation is 1. The second-order valence-corrected chi connectivity index (χ2v) is 4.64. The number of esters is 1. The second-order valence-electron chi connectivity index (χ2n) is 4.64. The van der Waals surface area contributed by atoms with Crippen LogP contribution in [0.2, 0.25) is 0 Å². The summed E-state index contributed by atoms with van der Waals surface area (Å²) in [7, 11) is 3.99. The number of aromatic nitrogens is 1. The quantitative estimate of drug-likeness (QED) is 0.592. The van der Waals surface area contributed by atoms with E-state index in [1.54, 1.807) is 12.3 Å². The molecule has 1 rings (SSSR count). The number of nitrogens with two attached hydrogens (primary N) is 1. The summed E-state index contributed by atoms with van der Waals surface area (Å²) in [6.45, 7) is 4.18. The molecule has 5 nitrogen and oxygen atoms in total. The van der Waals surface area contributed by atoms with Crippen LogP contribution in [0.25, 0.3) is 0 Å². The fraction of sp³-hybridized carbons (Fsp3) is 0.615. The van der Waals surface area contributed by atoms with Crippen molar-refractivity contribution in [2.75, 3.05) is 33.0 Å². The van der Waals surface area contributed by atoms with Gasteiger partial charge in [-0.15, -0.1) is 0 Å². The monoisotopic (exact) mass is 253 g/mol. The number of hydrogen-bond donors (Lipinski definition) is 1. The normalized spacial score (nSPS) is 10.9.